The van der Waals surface area contributed by atoms with Crippen molar-refractivity contribution in [3.05, 3.63) is 12.2 Å². The fourth-order valence-electron chi connectivity index (χ4n) is 1.43. The minimum absolute atomic E-state index is 0.0330. The normalized spacial score (nSPS) is 38.9. The molecule has 0 saturated carbocycles. The highest BCUT2D eigenvalue weighted by Crippen LogP contribution is 2.30. The molecule has 0 bridgehead atoms. The van der Waals surface area contributed by atoms with Crippen LogP contribution in [0, 0.1) is 5.92 Å². The predicted octanol–water partition coefficient (Wildman–Crippen LogP) is 0.878. The van der Waals surface area contributed by atoms with Gasteiger partial charge in [-0.1, -0.05) is 12.2 Å². The molecule has 2 heteroatoms. The fourth-order valence-corrected chi connectivity index (χ4v) is 1.43. The smallest absolute Gasteiger partial charge is 0.306 e. The summed E-state index contributed by atoms with van der Waals surface area (Å²) >= 11 is 0. The van der Waals surface area contributed by atoms with Gasteiger partial charge in [-0.05, 0) is 0 Å². The average Bonchev–Trinajstić information content (AvgIpc) is 2.22. The molecule has 2 rings (SSSR count). The molecule has 0 aromatic carbocycles. The largest absolute Gasteiger partial charge is 0.461 e. The maximum atomic E-state index is 10.6. The molecule has 0 unspecified atom stereocenters. The quantitative estimate of drug-likeness (QED) is 0.354. The van der Waals surface area contributed by atoms with Crippen molar-refractivity contribution in [2.24, 2.45) is 5.92 Å². The van der Waals surface area contributed by atoms with Crippen LogP contribution in [0.1, 0.15) is 12.8 Å². The zero-order chi connectivity index (χ0) is 6.27. The molecule has 1 aliphatic heterocycles. The first kappa shape index (κ1) is 5.03. The lowest BCUT2D eigenvalue weighted by molar-refractivity contribution is -0.141. The Morgan fingerprint density at radius 3 is 3.33 bits per heavy atom. The van der Waals surface area contributed by atoms with Gasteiger partial charge in [-0.3, -0.25) is 4.79 Å². The highest BCUT2D eigenvalue weighted by atomic mass is 16.5. The monoisotopic (exact) mass is 124 g/mol. The first-order valence-electron chi connectivity index (χ1n) is 3.22. The summed E-state index contributed by atoms with van der Waals surface area (Å²) in [7, 11) is 0. The Labute approximate surface area is 53.5 Å². The minimum Gasteiger partial charge on any atom is -0.461 e. The zero-order valence-electron chi connectivity index (χ0n) is 5.04. The van der Waals surface area contributed by atoms with Crippen LogP contribution in [-0.2, 0) is 9.53 Å². The number of rotatable bonds is 0. The van der Waals surface area contributed by atoms with Crippen molar-refractivity contribution in [1.82, 2.24) is 0 Å². The zero-order valence-corrected chi connectivity index (χ0v) is 5.04. The van der Waals surface area contributed by atoms with Gasteiger partial charge in [0.05, 0.1) is 6.42 Å². The molecular formula is C7H8O2. The lowest BCUT2D eigenvalue weighted by atomic mass is 10.1. The Morgan fingerprint density at radius 2 is 2.56 bits per heavy atom. The summed E-state index contributed by atoms with van der Waals surface area (Å²) in [5.74, 6) is 0.367. The summed E-state index contributed by atoms with van der Waals surface area (Å²) in [6.07, 6.45) is 5.88. The molecule has 1 heterocycles. The van der Waals surface area contributed by atoms with Crippen LogP contribution in [0.3, 0.4) is 0 Å². The second kappa shape index (κ2) is 1.59. The third kappa shape index (κ3) is 0.661. The molecule has 48 valence electrons. The molecule has 2 aliphatic rings. The second-order valence-electron chi connectivity index (χ2n) is 2.56. The summed E-state index contributed by atoms with van der Waals surface area (Å²) in [6.45, 7) is 0. The van der Waals surface area contributed by atoms with Crippen LogP contribution in [0.15, 0.2) is 12.2 Å². The number of carbonyl (C=O) groups is 1. The average molecular weight is 124 g/mol. The molecule has 1 aliphatic carbocycles. The summed E-state index contributed by atoms with van der Waals surface area (Å²) in [5, 5.41) is 0. The van der Waals surface area contributed by atoms with Crippen molar-refractivity contribution >= 4 is 5.97 Å². The number of hydrogen-bond donors (Lipinski definition) is 0. The molecule has 0 spiro atoms. The van der Waals surface area contributed by atoms with E-state index < -0.39 is 0 Å². The molecule has 0 radical (unpaired) electrons. The van der Waals surface area contributed by atoms with Crippen LogP contribution >= 0.6 is 0 Å². The van der Waals surface area contributed by atoms with Crippen LogP contribution in [0.25, 0.3) is 0 Å². The molecule has 2 atom stereocenters. The van der Waals surface area contributed by atoms with Gasteiger partial charge in [-0.2, -0.15) is 0 Å². The number of fused-ring (bicyclic) bond motifs is 1. The molecule has 0 N–H and O–H groups in total. The topological polar surface area (TPSA) is 26.3 Å². The van der Waals surface area contributed by atoms with Gasteiger partial charge in [0, 0.05) is 12.3 Å². The van der Waals surface area contributed by atoms with E-state index in [0.29, 0.717) is 12.3 Å². The van der Waals surface area contributed by atoms with Gasteiger partial charge < -0.3 is 4.74 Å². The van der Waals surface area contributed by atoms with Crippen molar-refractivity contribution in [2.45, 2.75) is 18.9 Å². The Kier molecular flexibility index (Phi) is 0.891. The highest BCUT2D eigenvalue weighted by molar-refractivity contribution is 5.72. The summed E-state index contributed by atoms with van der Waals surface area (Å²) in [4.78, 5) is 10.6. The molecule has 1 fully saturated rings. The van der Waals surface area contributed by atoms with Crippen molar-refractivity contribution < 1.29 is 9.53 Å². The van der Waals surface area contributed by atoms with Crippen LogP contribution < -0.4 is 0 Å². The lowest BCUT2D eigenvalue weighted by Gasteiger charge is -2.03. The van der Waals surface area contributed by atoms with E-state index in [2.05, 4.69) is 12.2 Å². The van der Waals surface area contributed by atoms with Crippen molar-refractivity contribution in [2.75, 3.05) is 0 Å². The van der Waals surface area contributed by atoms with Gasteiger partial charge in [0.15, 0.2) is 0 Å². The summed E-state index contributed by atoms with van der Waals surface area (Å²) in [5.41, 5.74) is 0. The van der Waals surface area contributed by atoms with Gasteiger partial charge in [0.2, 0.25) is 0 Å². The SMILES string of the molecule is O=C1C[C@H]2C=CC[C@@H]2O1. The number of hydrogen-bond acceptors (Lipinski definition) is 2. The maximum Gasteiger partial charge on any atom is 0.306 e. The molecule has 0 aromatic heterocycles. The third-order valence-electron chi connectivity index (χ3n) is 1.91. The number of esters is 1. The van der Waals surface area contributed by atoms with Gasteiger partial charge in [0.1, 0.15) is 6.10 Å². The van der Waals surface area contributed by atoms with Crippen LogP contribution in [0.5, 0.6) is 0 Å². The predicted molar refractivity (Wildman–Crippen MR) is 31.7 cm³/mol. The first-order valence-corrected chi connectivity index (χ1v) is 3.22. The first-order chi connectivity index (χ1) is 4.36. The second-order valence-corrected chi connectivity index (χ2v) is 2.56. The van der Waals surface area contributed by atoms with E-state index in [0.717, 1.165) is 6.42 Å². The standard InChI is InChI=1S/C7H8O2/c8-7-4-5-2-1-3-6(5)9-7/h1-2,5-6H,3-4H2/t5-,6+/m1/s1. The van der Waals surface area contributed by atoms with Gasteiger partial charge in [-0.25, -0.2) is 0 Å². The number of ether oxygens (including phenoxy) is 1. The maximum absolute atomic E-state index is 10.6. The summed E-state index contributed by atoms with van der Waals surface area (Å²) < 4.78 is 4.98. The van der Waals surface area contributed by atoms with E-state index in [9.17, 15) is 4.79 Å². The van der Waals surface area contributed by atoms with Crippen LogP contribution in [0.2, 0.25) is 0 Å². The highest BCUT2D eigenvalue weighted by Gasteiger charge is 2.34. The molecular weight excluding hydrogens is 116 g/mol. The minimum atomic E-state index is -0.0330. The molecule has 9 heavy (non-hydrogen) atoms. The van der Waals surface area contributed by atoms with Gasteiger partial charge in [-0.15, -0.1) is 0 Å². The molecule has 0 aromatic rings. The van der Waals surface area contributed by atoms with E-state index in [1.54, 1.807) is 0 Å². The molecule has 0 amide bonds. The van der Waals surface area contributed by atoms with E-state index in [1.807, 2.05) is 0 Å². The Balaban J connectivity index is 2.17. The third-order valence-corrected chi connectivity index (χ3v) is 1.91. The lowest BCUT2D eigenvalue weighted by Crippen LogP contribution is -2.07. The van der Waals surface area contributed by atoms with Crippen molar-refractivity contribution in [3.8, 4) is 0 Å². The van der Waals surface area contributed by atoms with Gasteiger partial charge in [0.25, 0.3) is 0 Å². The Bertz CT molecular complexity index is 172. The van der Waals surface area contributed by atoms with E-state index in [1.165, 1.54) is 0 Å². The van der Waals surface area contributed by atoms with Crippen LogP contribution in [0.4, 0.5) is 0 Å². The number of carbonyl (C=O) groups excluding carboxylic acids is 1. The Morgan fingerprint density at radius 1 is 1.67 bits per heavy atom. The summed E-state index contributed by atoms with van der Waals surface area (Å²) in [6, 6.07) is 0. The van der Waals surface area contributed by atoms with E-state index in [-0.39, 0.29) is 12.1 Å². The Hall–Kier alpha value is -0.790. The van der Waals surface area contributed by atoms with E-state index in [4.69, 9.17) is 4.74 Å². The van der Waals surface area contributed by atoms with Crippen molar-refractivity contribution in [1.29, 1.82) is 0 Å². The molecule has 1 saturated heterocycles. The molecule has 2 nitrogen and oxygen atoms in total. The van der Waals surface area contributed by atoms with Crippen LogP contribution in [-0.4, -0.2) is 12.1 Å². The van der Waals surface area contributed by atoms with E-state index >= 15 is 0 Å². The van der Waals surface area contributed by atoms with Gasteiger partial charge >= 0.3 is 5.97 Å². The fraction of sp³-hybridized carbons (Fsp3) is 0.571. The van der Waals surface area contributed by atoms with Crippen molar-refractivity contribution in [3.63, 3.8) is 0 Å².